The van der Waals surface area contributed by atoms with E-state index in [1.54, 1.807) is 15.9 Å². The number of aliphatic carboxylic acids is 1. The van der Waals surface area contributed by atoms with Gasteiger partial charge in [-0.3, -0.25) is 14.4 Å². The van der Waals surface area contributed by atoms with Crippen molar-refractivity contribution in [3.63, 3.8) is 0 Å². The SMILES string of the molecule is CCN1C[C@H](C(=O)O)C(=O)c2cc(F)c(N3CCN(C(C)=O)CC3)cc21. The molecule has 2 aliphatic heterocycles. The molecule has 0 bridgehead atoms. The first-order valence-electron chi connectivity index (χ1n) is 8.69. The molecule has 1 atom stereocenters. The highest BCUT2D eigenvalue weighted by atomic mass is 19.1. The van der Waals surface area contributed by atoms with Crippen LogP contribution in [0.25, 0.3) is 0 Å². The standard InChI is InChI=1S/C18H22FN3O4/c1-3-20-10-13(18(25)26)17(24)12-8-14(19)16(9-15(12)20)22-6-4-21(5-7-22)11(2)23/h8-9,13H,3-7,10H2,1-2H3,(H,25,26)/t13-/m0/s1. The number of fused-ring (bicyclic) bond motifs is 1. The number of amides is 1. The maximum atomic E-state index is 14.7. The van der Waals surface area contributed by atoms with E-state index in [0.29, 0.717) is 44.1 Å². The number of halogens is 1. The third-order valence-corrected chi connectivity index (χ3v) is 5.14. The second-order valence-electron chi connectivity index (χ2n) is 6.61. The van der Waals surface area contributed by atoms with E-state index >= 15 is 0 Å². The Morgan fingerprint density at radius 1 is 1.19 bits per heavy atom. The van der Waals surface area contributed by atoms with E-state index in [2.05, 4.69) is 0 Å². The molecule has 1 aromatic carbocycles. The fourth-order valence-electron chi connectivity index (χ4n) is 3.59. The summed E-state index contributed by atoms with van der Waals surface area (Å²) in [5, 5.41) is 9.26. The zero-order valence-corrected chi connectivity index (χ0v) is 14.9. The second kappa shape index (κ2) is 6.93. The number of rotatable bonds is 3. The number of carboxylic acids is 1. The molecule has 0 saturated carbocycles. The van der Waals surface area contributed by atoms with Crippen molar-refractivity contribution in [1.82, 2.24) is 4.90 Å². The zero-order valence-electron chi connectivity index (χ0n) is 14.9. The second-order valence-corrected chi connectivity index (χ2v) is 6.61. The largest absolute Gasteiger partial charge is 0.481 e. The Labute approximate surface area is 151 Å². The summed E-state index contributed by atoms with van der Waals surface area (Å²) < 4.78 is 14.7. The molecule has 26 heavy (non-hydrogen) atoms. The van der Waals surface area contributed by atoms with E-state index in [1.807, 2.05) is 11.8 Å². The van der Waals surface area contributed by atoms with Crippen LogP contribution in [-0.2, 0) is 9.59 Å². The van der Waals surface area contributed by atoms with Gasteiger partial charge >= 0.3 is 5.97 Å². The fraction of sp³-hybridized carbons (Fsp3) is 0.500. The molecule has 0 aliphatic carbocycles. The van der Waals surface area contributed by atoms with Gasteiger partial charge in [0, 0.05) is 57.4 Å². The molecule has 3 rings (SSSR count). The van der Waals surface area contributed by atoms with E-state index in [4.69, 9.17) is 0 Å². The highest BCUT2D eigenvalue weighted by Gasteiger charge is 2.37. The van der Waals surface area contributed by atoms with Crippen LogP contribution in [0.2, 0.25) is 0 Å². The van der Waals surface area contributed by atoms with Crippen molar-refractivity contribution in [1.29, 1.82) is 0 Å². The summed E-state index contributed by atoms with van der Waals surface area (Å²) in [5.74, 6) is -3.46. The van der Waals surface area contributed by atoms with Gasteiger partial charge in [-0.2, -0.15) is 0 Å². The summed E-state index contributed by atoms with van der Waals surface area (Å²) in [6, 6.07) is 2.79. The number of carbonyl (C=O) groups excluding carboxylic acids is 2. The monoisotopic (exact) mass is 363 g/mol. The first-order valence-corrected chi connectivity index (χ1v) is 8.69. The fourth-order valence-corrected chi connectivity index (χ4v) is 3.59. The van der Waals surface area contributed by atoms with Gasteiger partial charge in [-0.05, 0) is 19.1 Å². The lowest BCUT2D eigenvalue weighted by Crippen LogP contribution is -2.48. The number of carboxylic acid groups (broad SMARTS) is 1. The Balaban J connectivity index is 1.93. The van der Waals surface area contributed by atoms with Crippen LogP contribution in [0.1, 0.15) is 24.2 Å². The lowest BCUT2D eigenvalue weighted by molar-refractivity contribution is -0.139. The Morgan fingerprint density at radius 2 is 1.85 bits per heavy atom. The van der Waals surface area contributed by atoms with Crippen LogP contribution in [0.4, 0.5) is 15.8 Å². The van der Waals surface area contributed by atoms with Gasteiger partial charge in [0.15, 0.2) is 5.78 Å². The maximum Gasteiger partial charge on any atom is 0.316 e. The number of nitrogens with zero attached hydrogens (tertiary/aromatic N) is 3. The van der Waals surface area contributed by atoms with Crippen LogP contribution in [0.3, 0.4) is 0 Å². The molecule has 0 spiro atoms. The predicted molar refractivity (Wildman–Crippen MR) is 94.2 cm³/mol. The molecule has 140 valence electrons. The lowest BCUT2D eigenvalue weighted by Gasteiger charge is -2.38. The number of carbonyl (C=O) groups is 3. The van der Waals surface area contributed by atoms with Crippen molar-refractivity contribution in [3.8, 4) is 0 Å². The molecule has 1 fully saturated rings. The molecule has 1 aromatic rings. The number of ketones is 1. The molecule has 0 unspecified atom stereocenters. The number of hydrogen-bond acceptors (Lipinski definition) is 5. The molecular formula is C18H22FN3O4. The lowest BCUT2D eigenvalue weighted by atomic mass is 9.90. The van der Waals surface area contributed by atoms with Crippen molar-refractivity contribution >= 4 is 29.0 Å². The molecule has 8 heteroatoms. The van der Waals surface area contributed by atoms with Crippen LogP contribution in [0.5, 0.6) is 0 Å². The van der Waals surface area contributed by atoms with Crippen molar-refractivity contribution in [2.24, 2.45) is 5.92 Å². The molecule has 7 nitrogen and oxygen atoms in total. The third kappa shape index (κ3) is 3.11. The van der Waals surface area contributed by atoms with E-state index in [9.17, 15) is 23.9 Å². The van der Waals surface area contributed by atoms with Crippen LogP contribution in [0, 0.1) is 11.7 Å². The summed E-state index contributed by atoms with van der Waals surface area (Å²) in [7, 11) is 0. The minimum Gasteiger partial charge on any atom is -0.481 e. The number of piperazine rings is 1. The van der Waals surface area contributed by atoms with Crippen molar-refractivity contribution in [3.05, 3.63) is 23.5 Å². The quantitative estimate of drug-likeness (QED) is 0.814. The topological polar surface area (TPSA) is 81.2 Å². The Morgan fingerprint density at radius 3 is 2.38 bits per heavy atom. The van der Waals surface area contributed by atoms with Crippen LogP contribution < -0.4 is 9.80 Å². The maximum absolute atomic E-state index is 14.7. The molecular weight excluding hydrogens is 341 g/mol. The molecule has 2 aliphatic rings. The Hall–Kier alpha value is -2.64. The van der Waals surface area contributed by atoms with Crippen LogP contribution in [-0.4, -0.2) is 66.9 Å². The first kappa shape index (κ1) is 18.2. The van der Waals surface area contributed by atoms with Gasteiger partial charge in [-0.1, -0.05) is 0 Å². The summed E-state index contributed by atoms with van der Waals surface area (Å²) in [6.07, 6.45) is 0. The van der Waals surface area contributed by atoms with Gasteiger partial charge in [-0.25, -0.2) is 4.39 Å². The van der Waals surface area contributed by atoms with Gasteiger partial charge in [-0.15, -0.1) is 0 Å². The van der Waals surface area contributed by atoms with Gasteiger partial charge in [0.2, 0.25) is 5.91 Å². The molecule has 1 N–H and O–H groups in total. The molecule has 1 saturated heterocycles. The summed E-state index contributed by atoms with van der Waals surface area (Å²) >= 11 is 0. The number of benzene rings is 1. The van der Waals surface area contributed by atoms with Crippen LogP contribution in [0.15, 0.2) is 12.1 Å². The van der Waals surface area contributed by atoms with Gasteiger partial charge in [0.05, 0.1) is 5.69 Å². The van der Waals surface area contributed by atoms with Gasteiger partial charge in [0.1, 0.15) is 11.7 Å². The smallest absolute Gasteiger partial charge is 0.316 e. The minimum absolute atomic E-state index is 0.00182. The highest BCUT2D eigenvalue weighted by Crippen LogP contribution is 2.35. The summed E-state index contributed by atoms with van der Waals surface area (Å²) in [6.45, 7) is 6.03. The normalized spacial score (nSPS) is 20.2. The van der Waals surface area contributed by atoms with Crippen molar-refractivity contribution in [2.45, 2.75) is 13.8 Å². The third-order valence-electron chi connectivity index (χ3n) is 5.14. The Bertz CT molecular complexity index is 759. The zero-order chi connectivity index (χ0) is 19.0. The number of Topliss-reactive ketones (excluding diaryl/α,β-unsaturated/α-hetero) is 1. The minimum atomic E-state index is -1.19. The van der Waals surface area contributed by atoms with Crippen LogP contribution >= 0.6 is 0 Å². The predicted octanol–water partition coefficient (Wildman–Crippen LogP) is 1.22. The van der Waals surface area contributed by atoms with Crippen molar-refractivity contribution < 1.29 is 23.9 Å². The highest BCUT2D eigenvalue weighted by molar-refractivity contribution is 6.13. The Kier molecular flexibility index (Phi) is 4.84. The average molecular weight is 363 g/mol. The molecule has 0 aromatic heterocycles. The molecule has 0 radical (unpaired) electrons. The van der Waals surface area contributed by atoms with E-state index in [0.717, 1.165) is 6.07 Å². The number of anilines is 2. The summed E-state index contributed by atoms with van der Waals surface area (Å²) in [4.78, 5) is 40.6. The van der Waals surface area contributed by atoms with Gasteiger partial charge in [0.25, 0.3) is 0 Å². The van der Waals surface area contributed by atoms with E-state index in [-0.39, 0.29) is 18.0 Å². The molecule has 1 amide bonds. The van der Waals surface area contributed by atoms with E-state index in [1.165, 1.54) is 6.92 Å². The van der Waals surface area contributed by atoms with E-state index < -0.39 is 23.5 Å². The van der Waals surface area contributed by atoms with Crippen molar-refractivity contribution in [2.75, 3.05) is 49.1 Å². The number of hydrogen-bond donors (Lipinski definition) is 1. The van der Waals surface area contributed by atoms with Gasteiger partial charge < -0.3 is 19.8 Å². The average Bonchev–Trinajstić information content (AvgIpc) is 2.62. The molecule has 2 heterocycles. The summed E-state index contributed by atoms with van der Waals surface area (Å²) in [5.41, 5.74) is 1.07. The first-order chi connectivity index (χ1) is 12.3.